The van der Waals surface area contributed by atoms with Crippen molar-refractivity contribution in [2.75, 3.05) is 26.8 Å². The van der Waals surface area contributed by atoms with Crippen LogP contribution < -0.4 is 5.32 Å². The van der Waals surface area contributed by atoms with E-state index in [0.29, 0.717) is 6.61 Å². The van der Waals surface area contributed by atoms with E-state index < -0.39 is 0 Å². The molecule has 0 amide bonds. The minimum absolute atomic E-state index is 0.139. The maximum absolute atomic E-state index is 11.2. The monoisotopic (exact) mass is 292 g/mol. The minimum atomic E-state index is -0.307. The molecule has 0 aliphatic heterocycles. The van der Waals surface area contributed by atoms with Gasteiger partial charge in [0, 0.05) is 31.8 Å². The number of nitro benzene ring substituents is 1. The summed E-state index contributed by atoms with van der Waals surface area (Å²) in [5, 5.41) is 14.4. The van der Waals surface area contributed by atoms with Crippen LogP contribution in [0, 0.1) is 10.1 Å². The first-order chi connectivity index (χ1) is 9.95. The van der Waals surface area contributed by atoms with Crippen molar-refractivity contribution in [3.8, 4) is 0 Å². The maximum atomic E-state index is 11.2. The molecule has 0 aliphatic carbocycles. The molecule has 0 aromatic heterocycles. The summed E-state index contributed by atoms with van der Waals surface area (Å²) in [5.41, 5.74) is 2.95. The maximum Gasteiger partial charge on any atom is 0.273 e. The van der Waals surface area contributed by atoms with Crippen LogP contribution in [0.2, 0.25) is 0 Å². The van der Waals surface area contributed by atoms with E-state index in [2.05, 4.69) is 5.32 Å². The lowest BCUT2D eigenvalue weighted by Crippen LogP contribution is -2.20. The number of benzene rings is 1. The Balaban J connectivity index is 2.84. The van der Waals surface area contributed by atoms with Crippen molar-refractivity contribution in [2.24, 2.45) is 0 Å². The summed E-state index contributed by atoms with van der Waals surface area (Å²) in [6.07, 6.45) is 1.97. The molecule has 1 N–H and O–H groups in total. The highest BCUT2D eigenvalue weighted by Crippen LogP contribution is 2.27. The molecule has 0 heterocycles. The third-order valence-electron chi connectivity index (χ3n) is 3.17. The first-order valence-electron chi connectivity index (χ1n) is 7.11. The van der Waals surface area contributed by atoms with Crippen molar-refractivity contribution in [1.29, 1.82) is 0 Å². The molecule has 0 unspecified atom stereocenters. The van der Waals surface area contributed by atoms with Crippen molar-refractivity contribution >= 4 is 11.8 Å². The molecule has 5 nitrogen and oxygen atoms in total. The standard InChI is InChI=1S/C16H24N2O3/c1-12(2)15-6-5-14(10-16(15)18(19)20)9-13(3)11-17-7-8-21-4/h5-6,9-10,12,17H,7-8,11H2,1-4H3. The average Bonchev–Trinajstić information content (AvgIpc) is 2.43. The summed E-state index contributed by atoms with van der Waals surface area (Å²) >= 11 is 0. The van der Waals surface area contributed by atoms with Gasteiger partial charge in [-0.15, -0.1) is 0 Å². The van der Waals surface area contributed by atoms with Gasteiger partial charge in [-0.3, -0.25) is 10.1 Å². The topological polar surface area (TPSA) is 64.4 Å². The third-order valence-corrected chi connectivity index (χ3v) is 3.17. The fourth-order valence-corrected chi connectivity index (χ4v) is 2.09. The number of rotatable bonds is 8. The predicted molar refractivity (Wildman–Crippen MR) is 85.6 cm³/mol. The summed E-state index contributed by atoms with van der Waals surface area (Å²) in [6, 6.07) is 5.43. The van der Waals surface area contributed by atoms with Gasteiger partial charge in [0.15, 0.2) is 0 Å². The Kier molecular flexibility index (Phi) is 7.05. The zero-order valence-corrected chi connectivity index (χ0v) is 13.2. The quantitative estimate of drug-likeness (QED) is 0.453. The summed E-state index contributed by atoms with van der Waals surface area (Å²) in [6.45, 7) is 8.12. The lowest BCUT2D eigenvalue weighted by Gasteiger charge is -2.08. The summed E-state index contributed by atoms with van der Waals surface area (Å²) in [5.74, 6) is 0.139. The molecule has 0 saturated carbocycles. The largest absolute Gasteiger partial charge is 0.383 e. The number of hydrogen-bond acceptors (Lipinski definition) is 4. The highest BCUT2D eigenvalue weighted by atomic mass is 16.6. The van der Waals surface area contributed by atoms with Gasteiger partial charge in [0.1, 0.15) is 0 Å². The van der Waals surface area contributed by atoms with Crippen molar-refractivity contribution < 1.29 is 9.66 Å². The zero-order chi connectivity index (χ0) is 15.8. The first kappa shape index (κ1) is 17.3. The first-order valence-corrected chi connectivity index (χ1v) is 7.11. The predicted octanol–water partition coefficient (Wildman–Crippen LogP) is 3.36. The highest BCUT2D eigenvalue weighted by Gasteiger charge is 2.16. The Bertz CT molecular complexity index is 510. The molecule has 21 heavy (non-hydrogen) atoms. The zero-order valence-electron chi connectivity index (χ0n) is 13.2. The Morgan fingerprint density at radius 3 is 2.76 bits per heavy atom. The van der Waals surface area contributed by atoms with Gasteiger partial charge in [0.2, 0.25) is 0 Å². The van der Waals surface area contributed by atoms with Gasteiger partial charge < -0.3 is 10.1 Å². The SMILES string of the molecule is COCCNCC(C)=Cc1ccc(C(C)C)c([N+](=O)[O-])c1. The van der Waals surface area contributed by atoms with Crippen molar-refractivity contribution in [3.05, 3.63) is 45.0 Å². The van der Waals surface area contributed by atoms with Crippen LogP contribution in [0.4, 0.5) is 5.69 Å². The van der Waals surface area contributed by atoms with Crippen LogP contribution in [0.3, 0.4) is 0 Å². The van der Waals surface area contributed by atoms with Gasteiger partial charge in [-0.05, 0) is 18.4 Å². The molecular weight excluding hydrogens is 268 g/mol. The number of methoxy groups -OCH3 is 1. The van der Waals surface area contributed by atoms with Gasteiger partial charge in [0.25, 0.3) is 5.69 Å². The van der Waals surface area contributed by atoms with Gasteiger partial charge >= 0.3 is 0 Å². The molecular formula is C16H24N2O3. The number of hydrogen-bond donors (Lipinski definition) is 1. The van der Waals surface area contributed by atoms with E-state index in [1.165, 1.54) is 0 Å². The Labute approximate surface area is 126 Å². The molecule has 0 saturated heterocycles. The fourth-order valence-electron chi connectivity index (χ4n) is 2.09. The average molecular weight is 292 g/mol. The molecule has 0 atom stereocenters. The van der Waals surface area contributed by atoms with Crippen LogP contribution in [0.15, 0.2) is 23.8 Å². The van der Waals surface area contributed by atoms with Crippen LogP contribution in [-0.2, 0) is 4.74 Å². The van der Waals surface area contributed by atoms with Crippen LogP contribution in [0.1, 0.15) is 37.8 Å². The minimum Gasteiger partial charge on any atom is -0.383 e. The fraction of sp³-hybridized carbons (Fsp3) is 0.500. The van der Waals surface area contributed by atoms with Crippen molar-refractivity contribution in [3.63, 3.8) is 0 Å². The number of ether oxygens (including phenoxy) is 1. The van der Waals surface area contributed by atoms with Crippen molar-refractivity contribution in [2.45, 2.75) is 26.7 Å². The van der Waals surface area contributed by atoms with Crippen LogP contribution in [0.25, 0.3) is 6.08 Å². The smallest absolute Gasteiger partial charge is 0.273 e. The van der Waals surface area contributed by atoms with E-state index in [4.69, 9.17) is 4.74 Å². The molecule has 1 aromatic carbocycles. The van der Waals surface area contributed by atoms with Gasteiger partial charge in [0.05, 0.1) is 11.5 Å². The van der Waals surface area contributed by atoms with Crippen molar-refractivity contribution in [1.82, 2.24) is 5.32 Å². The highest BCUT2D eigenvalue weighted by molar-refractivity contribution is 5.58. The Hall–Kier alpha value is -1.72. The normalized spacial score (nSPS) is 12.0. The molecule has 0 radical (unpaired) electrons. The van der Waals surface area contributed by atoms with E-state index in [0.717, 1.165) is 29.8 Å². The second-order valence-corrected chi connectivity index (χ2v) is 5.39. The van der Waals surface area contributed by atoms with Gasteiger partial charge in [-0.2, -0.15) is 0 Å². The lowest BCUT2D eigenvalue weighted by atomic mass is 9.98. The molecule has 0 aliphatic rings. The van der Waals surface area contributed by atoms with E-state index in [1.807, 2.05) is 39.0 Å². The van der Waals surface area contributed by atoms with E-state index in [-0.39, 0.29) is 16.5 Å². The van der Waals surface area contributed by atoms with Crippen LogP contribution in [0.5, 0.6) is 0 Å². The third kappa shape index (κ3) is 5.65. The van der Waals surface area contributed by atoms with E-state index in [9.17, 15) is 10.1 Å². The number of nitrogens with one attached hydrogen (secondary N) is 1. The number of nitrogens with zero attached hydrogens (tertiary/aromatic N) is 1. The Morgan fingerprint density at radius 2 is 2.19 bits per heavy atom. The lowest BCUT2D eigenvalue weighted by molar-refractivity contribution is -0.385. The molecule has 0 bridgehead atoms. The molecule has 1 rings (SSSR count). The summed E-state index contributed by atoms with van der Waals surface area (Å²) < 4.78 is 4.96. The summed E-state index contributed by atoms with van der Waals surface area (Å²) in [7, 11) is 1.67. The second kappa shape index (κ2) is 8.54. The Morgan fingerprint density at radius 1 is 1.48 bits per heavy atom. The van der Waals surface area contributed by atoms with Crippen LogP contribution >= 0.6 is 0 Å². The molecule has 0 fully saturated rings. The molecule has 1 aromatic rings. The summed E-state index contributed by atoms with van der Waals surface area (Å²) in [4.78, 5) is 10.9. The molecule has 5 heteroatoms. The number of nitro groups is 1. The van der Waals surface area contributed by atoms with Crippen LogP contribution in [-0.4, -0.2) is 31.7 Å². The van der Waals surface area contributed by atoms with E-state index in [1.54, 1.807) is 13.2 Å². The van der Waals surface area contributed by atoms with E-state index >= 15 is 0 Å². The molecule has 0 spiro atoms. The van der Waals surface area contributed by atoms with Gasteiger partial charge in [-0.25, -0.2) is 0 Å². The second-order valence-electron chi connectivity index (χ2n) is 5.39. The molecule has 116 valence electrons. The van der Waals surface area contributed by atoms with Gasteiger partial charge in [-0.1, -0.05) is 37.6 Å².